The summed E-state index contributed by atoms with van der Waals surface area (Å²) >= 11 is 0. The molecule has 0 aromatic heterocycles. The second-order valence-electron chi connectivity index (χ2n) is 5.24. The smallest absolute Gasteiger partial charge is 0.186 e. The molecule has 0 bridgehead atoms. The van der Waals surface area contributed by atoms with E-state index in [1.807, 2.05) is 26.0 Å². The Morgan fingerprint density at radius 2 is 1.65 bits per heavy atom. The van der Waals surface area contributed by atoms with Gasteiger partial charge in [0.1, 0.15) is 0 Å². The molecule has 2 rings (SSSR count). The number of aryl methyl sites for hydroxylation is 4. The summed E-state index contributed by atoms with van der Waals surface area (Å²) < 4.78 is 0. The Balaban J connectivity index is 2.34. The fraction of sp³-hybridized carbons (Fsp3) is 0.278. The van der Waals surface area contributed by atoms with Gasteiger partial charge in [-0.2, -0.15) is 0 Å². The van der Waals surface area contributed by atoms with Gasteiger partial charge in [0.05, 0.1) is 0 Å². The lowest BCUT2D eigenvalue weighted by molar-refractivity contribution is 0.108. The van der Waals surface area contributed by atoms with E-state index < -0.39 is 0 Å². The zero-order chi connectivity index (χ0) is 14.7. The Kier molecular flexibility index (Phi) is 4.73. The molecule has 2 aromatic rings. The molecule has 0 aliphatic carbocycles. The molecular formula is C18H21OP. The van der Waals surface area contributed by atoms with Crippen molar-refractivity contribution in [3.8, 4) is 0 Å². The molecule has 0 spiro atoms. The van der Waals surface area contributed by atoms with Gasteiger partial charge in [0, 0.05) is 5.56 Å². The first kappa shape index (κ1) is 14.9. The fourth-order valence-corrected chi connectivity index (χ4v) is 4.04. The minimum atomic E-state index is 0.212. The van der Waals surface area contributed by atoms with E-state index >= 15 is 0 Å². The summed E-state index contributed by atoms with van der Waals surface area (Å²) in [4.78, 5) is 12.6. The molecule has 0 fully saturated rings. The van der Waals surface area contributed by atoms with Gasteiger partial charge in [0.25, 0.3) is 0 Å². The third kappa shape index (κ3) is 3.16. The van der Waals surface area contributed by atoms with Crippen molar-refractivity contribution in [3.05, 3.63) is 64.2 Å². The highest BCUT2D eigenvalue weighted by atomic mass is 31.1. The van der Waals surface area contributed by atoms with E-state index in [0.29, 0.717) is 0 Å². The van der Waals surface area contributed by atoms with Crippen LogP contribution >= 0.6 is 8.58 Å². The highest BCUT2D eigenvalue weighted by Crippen LogP contribution is 2.26. The highest BCUT2D eigenvalue weighted by Gasteiger charge is 2.14. The predicted molar refractivity (Wildman–Crippen MR) is 88.8 cm³/mol. The van der Waals surface area contributed by atoms with Crippen LogP contribution in [-0.4, -0.2) is 5.52 Å². The Labute approximate surface area is 123 Å². The Bertz CT molecular complexity index is 621. The van der Waals surface area contributed by atoms with Gasteiger partial charge >= 0.3 is 0 Å². The SMILES string of the molecule is CCc1ccccc1PC(=O)c1c(C)cc(C)cc1C. The molecule has 1 unspecified atom stereocenters. The van der Waals surface area contributed by atoms with Gasteiger partial charge in [0.15, 0.2) is 5.52 Å². The molecule has 0 aliphatic rings. The lowest BCUT2D eigenvalue weighted by Crippen LogP contribution is -2.08. The zero-order valence-corrected chi connectivity index (χ0v) is 13.6. The maximum Gasteiger partial charge on any atom is 0.186 e. The van der Waals surface area contributed by atoms with Crippen molar-refractivity contribution in [1.29, 1.82) is 0 Å². The lowest BCUT2D eigenvalue weighted by atomic mass is 10.0. The molecular weight excluding hydrogens is 263 g/mol. The normalized spacial score (nSPS) is 11.2. The van der Waals surface area contributed by atoms with Crippen molar-refractivity contribution in [1.82, 2.24) is 0 Å². The van der Waals surface area contributed by atoms with Crippen LogP contribution in [-0.2, 0) is 6.42 Å². The van der Waals surface area contributed by atoms with Crippen molar-refractivity contribution in [2.24, 2.45) is 0 Å². The molecule has 0 heterocycles. The summed E-state index contributed by atoms with van der Waals surface area (Å²) in [6, 6.07) is 12.4. The van der Waals surface area contributed by atoms with E-state index in [9.17, 15) is 4.79 Å². The predicted octanol–water partition coefficient (Wildman–Crippen LogP) is 4.32. The van der Waals surface area contributed by atoms with E-state index in [4.69, 9.17) is 0 Å². The minimum Gasteiger partial charge on any atom is -0.289 e. The largest absolute Gasteiger partial charge is 0.289 e. The molecule has 0 N–H and O–H groups in total. The third-order valence-corrected chi connectivity index (χ3v) is 4.78. The first-order chi connectivity index (χ1) is 9.52. The number of carbonyl (C=O) groups excluding carboxylic acids is 1. The molecule has 0 saturated carbocycles. The summed E-state index contributed by atoms with van der Waals surface area (Å²) in [5, 5.41) is 1.18. The van der Waals surface area contributed by atoms with Crippen molar-refractivity contribution in [2.75, 3.05) is 0 Å². The molecule has 0 radical (unpaired) electrons. The molecule has 104 valence electrons. The van der Waals surface area contributed by atoms with Crippen LogP contribution in [0.4, 0.5) is 0 Å². The fourth-order valence-electron chi connectivity index (χ4n) is 2.67. The molecule has 0 saturated heterocycles. The van der Waals surface area contributed by atoms with Crippen LogP contribution in [0, 0.1) is 20.8 Å². The van der Waals surface area contributed by atoms with Crippen LogP contribution < -0.4 is 5.30 Å². The van der Waals surface area contributed by atoms with E-state index in [2.05, 4.69) is 38.1 Å². The van der Waals surface area contributed by atoms with Crippen LogP contribution in [0.3, 0.4) is 0 Å². The van der Waals surface area contributed by atoms with E-state index in [1.165, 1.54) is 16.4 Å². The Morgan fingerprint density at radius 1 is 1.05 bits per heavy atom. The van der Waals surface area contributed by atoms with E-state index in [-0.39, 0.29) is 14.1 Å². The second-order valence-corrected chi connectivity index (χ2v) is 6.48. The van der Waals surface area contributed by atoms with Crippen LogP contribution in [0.25, 0.3) is 0 Å². The quantitative estimate of drug-likeness (QED) is 0.764. The molecule has 2 aromatic carbocycles. The van der Waals surface area contributed by atoms with Gasteiger partial charge in [-0.15, -0.1) is 0 Å². The summed E-state index contributed by atoms with van der Waals surface area (Å²) in [6.45, 7) is 8.27. The standard InChI is InChI=1S/C18H21OP/c1-5-15-8-6-7-9-16(15)20-18(19)17-13(3)10-12(2)11-14(17)4/h6-11,20H,5H2,1-4H3. The topological polar surface area (TPSA) is 17.1 Å². The minimum absolute atomic E-state index is 0.212. The molecule has 1 atom stereocenters. The lowest BCUT2D eigenvalue weighted by Gasteiger charge is -2.12. The van der Waals surface area contributed by atoms with Crippen molar-refractivity contribution in [2.45, 2.75) is 34.1 Å². The van der Waals surface area contributed by atoms with Crippen LogP contribution in [0.1, 0.15) is 39.5 Å². The van der Waals surface area contributed by atoms with E-state index in [1.54, 1.807) is 0 Å². The average Bonchev–Trinajstić information content (AvgIpc) is 2.38. The van der Waals surface area contributed by atoms with Crippen molar-refractivity contribution in [3.63, 3.8) is 0 Å². The maximum absolute atomic E-state index is 12.6. The molecule has 0 amide bonds. The first-order valence-corrected chi connectivity index (χ1v) is 8.00. The molecule has 2 heteroatoms. The second kappa shape index (κ2) is 6.33. The summed E-state index contributed by atoms with van der Waals surface area (Å²) in [5.41, 5.74) is 5.83. The van der Waals surface area contributed by atoms with Crippen LogP contribution in [0.5, 0.6) is 0 Å². The van der Waals surface area contributed by atoms with Gasteiger partial charge in [-0.25, -0.2) is 0 Å². The zero-order valence-electron chi connectivity index (χ0n) is 12.6. The summed E-state index contributed by atoms with van der Waals surface area (Å²) in [5.74, 6) is 0. The molecule has 0 aliphatic heterocycles. The Morgan fingerprint density at radius 3 is 2.25 bits per heavy atom. The summed E-state index contributed by atoms with van der Waals surface area (Å²) in [7, 11) is 0.212. The monoisotopic (exact) mass is 284 g/mol. The highest BCUT2D eigenvalue weighted by molar-refractivity contribution is 7.66. The number of hydrogen-bond acceptors (Lipinski definition) is 1. The maximum atomic E-state index is 12.6. The van der Waals surface area contributed by atoms with Crippen LogP contribution in [0.15, 0.2) is 36.4 Å². The first-order valence-electron chi connectivity index (χ1n) is 7.00. The van der Waals surface area contributed by atoms with Gasteiger partial charge in [0.2, 0.25) is 0 Å². The van der Waals surface area contributed by atoms with Gasteiger partial charge in [-0.1, -0.05) is 48.9 Å². The van der Waals surface area contributed by atoms with E-state index in [0.717, 1.165) is 23.1 Å². The van der Waals surface area contributed by atoms with Crippen molar-refractivity contribution < 1.29 is 4.79 Å². The van der Waals surface area contributed by atoms with Gasteiger partial charge < -0.3 is 0 Å². The van der Waals surface area contributed by atoms with Crippen molar-refractivity contribution >= 4 is 19.4 Å². The molecule has 1 nitrogen and oxygen atoms in total. The number of carbonyl (C=O) groups is 1. The van der Waals surface area contributed by atoms with Crippen LogP contribution in [0.2, 0.25) is 0 Å². The van der Waals surface area contributed by atoms with Gasteiger partial charge in [-0.05, 0) is 57.8 Å². The number of hydrogen-bond donors (Lipinski definition) is 0. The number of benzene rings is 2. The van der Waals surface area contributed by atoms with Gasteiger partial charge in [-0.3, -0.25) is 4.79 Å². The molecule has 20 heavy (non-hydrogen) atoms. The Hall–Kier alpha value is -1.46. The summed E-state index contributed by atoms with van der Waals surface area (Å²) in [6.07, 6.45) is 0.975. The number of rotatable bonds is 4. The average molecular weight is 284 g/mol. The third-order valence-electron chi connectivity index (χ3n) is 3.55.